The number of nitrogens with one attached hydrogen (secondary N) is 2. The maximum Gasteiger partial charge on any atom is 0.426 e. The Kier molecular flexibility index (Phi) is 6.64. The maximum absolute atomic E-state index is 11.9. The Balaban J connectivity index is 2.43. The second-order valence-electron chi connectivity index (χ2n) is 4.10. The fourth-order valence-electron chi connectivity index (χ4n) is 1.38. The fourth-order valence-corrected chi connectivity index (χ4v) is 1.38. The van der Waals surface area contributed by atoms with Crippen LogP contribution in [0.2, 0.25) is 0 Å². The third-order valence-electron chi connectivity index (χ3n) is 2.30. The molecule has 0 aliphatic rings. The molecule has 1 aromatic carbocycles. The summed E-state index contributed by atoms with van der Waals surface area (Å²) in [6.45, 7) is 0.219. The maximum atomic E-state index is 11.9. The van der Waals surface area contributed by atoms with E-state index in [4.69, 9.17) is 0 Å². The van der Waals surface area contributed by atoms with Crippen LogP contribution in [0.1, 0.15) is 22.8 Å². The van der Waals surface area contributed by atoms with Crippen molar-refractivity contribution in [2.75, 3.05) is 13.2 Å². The molecule has 0 spiro atoms. The zero-order valence-electron chi connectivity index (χ0n) is 11.7. The van der Waals surface area contributed by atoms with Gasteiger partial charge in [-0.15, -0.1) is 0 Å². The van der Waals surface area contributed by atoms with Crippen LogP contribution >= 0.6 is 0 Å². The van der Waals surface area contributed by atoms with Crippen molar-refractivity contribution in [1.82, 2.24) is 10.9 Å². The molecule has 0 fully saturated rings. The zero-order valence-corrected chi connectivity index (χ0v) is 11.7. The monoisotopic (exact) mass is 320 g/mol. The number of benzene rings is 1. The van der Waals surface area contributed by atoms with Crippen LogP contribution in [0.3, 0.4) is 0 Å². The quantitative estimate of drug-likeness (QED) is 0.815. The molecule has 0 heterocycles. The van der Waals surface area contributed by atoms with Crippen molar-refractivity contribution in [3.8, 4) is 0 Å². The summed E-state index contributed by atoms with van der Waals surface area (Å²) in [5.41, 5.74) is 4.86. The standard InChI is InChI=1S/C13H15F3N2O4/c1-2-22-12(20)18-17-11(19)10-5-3-9(4-6-10)7-21-8-13(14,15)16/h3-6H,2,7-8H2,1H3,(H,17,19)(H,18,20). The molecule has 2 N–H and O–H groups in total. The minimum atomic E-state index is -4.38. The van der Waals surface area contributed by atoms with Crippen molar-refractivity contribution in [3.05, 3.63) is 35.4 Å². The van der Waals surface area contributed by atoms with Gasteiger partial charge in [0.2, 0.25) is 0 Å². The highest BCUT2D eigenvalue weighted by Crippen LogP contribution is 2.15. The van der Waals surface area contributed by atoms with Crippen LogP contribution < -0.4 is 10.9 Å². The first-order valence-corrected chi connectivity index (χ1v) is 6.28. The van der Waals surface area contributed by atoms with Crippen molar-refractivity contribution >= 4 is 12.0 Å². The number of hydrazine groups is 1. The van der Waals surface area contributed by atoms with E-state index >= 15 is 0 Å². The topological polar surface area (TPSA) is 76.7 Å². The van der Waals surface area contributed by atoms with Crippen molar-refractivity contribution in [3.63, 3.8) is 0 Å². The minimum Gasteiger partial charge on any atom is -0.449 e. The first kappa shape index (κ1) is 17.8. The Morgan fingerprint density at radius 1 is 1.14 bits per heavy atom. The number of rotatable bonds is 5. The number of halogens is 3. The molecular formula is C13H15F3N2O4. The van der Waals surface area contributed by atoms with Crippen molar-refractivity contribution in [2.45, 2.75) is 19.7 Å². The number of carbonyl (C=O) groups is 2. The molecule has 0 radical (unpaired) electrons. The average Bonchev–Trinajstić information content (AvgIpc) is 2.44. The molecule has 0 aromatic heterocycles. The minimum absolute atomic E-state index is 0.161. The Morgan fingerprint density at radius 2 is 1.77 bits per heavy atom. The highest BCUT2D eigenvalue weighted by atomic mass is 19.4. The number of hydrogen-bond acceptors (Lipinski definition) is 4. The largest absolute Gasteiger partial charge is 0.449 e. The first-order chi connectivity index (χ1) is 10.3. The molecule has 1 rings (SSSR count). The predicted molar refractivity (Wildman–Crippen MR) is 69.8 cm³/mol. The lowest BCUT2D eigenvalue weighted by Crippen LogP contribution is -2.41. The molecule has 9 heteroatoms. The van der Waals surface area contributed by atoms with Crippen LogP contribution in [0.5, 0.6) is 0 Å². The van der Waals surface area contributed by atoms with Crippen molar-refractivity contribution in [1.29, 1.82) is 0 Å². The van der Waals surface area contributed by atoms with Gasteiger partial charge < -0.3 is 9.47 Å². The molecule has 2 amide bonds. The van der Waals surface area contributed by atoms with E-state index < -0.39 is 24.8 Å². The molecule has 0 atom stereocenters. The van der Waals surface area contributed by atoms with E-state index in [1.165, 1.54) is 24.3 Å². The number of ether oxygens (including phenoxy) is 2. The van der Waals surface area contributed by atoms with Gasteiger partial charge >= 0.3 is 12.3 Å². The molecule has 1 aromatic rings. The molecule has 0 bridgehead atoms. The number of amides is 2. The smallest absolute Gasteiger partial charge is 0.426 e. The highest BCUT2D eigenvalue weighted by molar-refractivity contribution is 5.94. The van der Waals surface area contributed by atoms with E-state index in [1.807, 2.05) is 5.43 Å². The van der Waals surface area contributed by atoms with E-state index in [1.54, 1.807) is 6.92 Å². The Morgan fingerprint density at radius 3 is 2.32 bits per heavy atom. The third-order valence-corrected chi connectivity index (χ3v) is 2.30. The summed E-state index contributed by atoms with van der Waals surface area (Å²) in [4.78, 5) is 22.6. The van der Waals surface area contributed by atoms with E-state index in [9.17, 15) is 22.8 Å². The molecule has 0 saturated carbocycles. The first-order valence-electron chi connectivity index (χ1n) is 6.28. The van der Waals surface area contributed by atoms with Crippen LogP contribution in [-0.4, -0.2) is 31.4 Å². The second kappa shape index (κ2) is 8.23. The number of alkyl halides is 3. The predicted octanol–water partition coefficient (Wildman–Crippen LogP) is 2.16. The molecule has 22 heavy (non-hydrogen) atoms. The summed E-state index contributed by atoms with van der Waals surface area (Å²) in [5, 5.41) is 0. The summed E-state index contributed by atoms with van der Waals surface area (Å²) < 4.78 is 44.8. The van der Waals surface area contributed by atoms with Gasteiger partial charge in [-0.25, -0.2) is 10.2 Å². The fraction of sp³-hybridized carbons (Fsp3) is 0.385. The van der Waals surface area contributed by atoms with E-state index in [-0.39, 0.29) is 18.8 Å². The van der Waals surface area contributed by atoms with Crippen LogP contribution in [0.25, 0.3) is 0 Å². The van der Waals surface area contributed by atoms with Gasteiger partial charge in [0.25, 0.3) is 5.91 Å². The lowest BCUT2D eigenvalue weighted by atomic mass is 10.1. The summed E-state index contributed by atoms with van der Waals surface area (Å²) in [7, 11) is 0. The normalized spacial score (nSPS) is 10.9. The SMILES string of the molecule is CCOC(=O)NNC(=O)c1ccc(COCC(F)(F)F)cc1. The molecule has 0 saturated heterocycles. The zero-order chi connectivity index (χ0) is 16.6. The summed E-state index contributed by atoms with van der Waals surface area (Å²) in [6.07, 6.45) is -5.17. The third kappa shape index (κ3) is 6.93. The summed E-state index contributed by atoms with van der Waals surface area (Å²) in [5.74, 6) is -0.587. The van der Waals surface area contributed by atoms with Crippen molar-refractivity contribution < 1.29 is 32.2 Å². The van der Waals surface area contributed by atoms with Gasteiger partial charge in [-0.05, 0) is 24.6 Å². The molecule has 0 unspecified atom stereocenters. The van der Waals surface area contributed by atoms with Gasteiger partial charge in [-0.1, -0.05) is 12.1 Å². The molecule has 6 nitrogen and oxygen atoms in total. The number of hydrogen-bond donors (Lipinski definition) is 2. The lowest BCUT2D eigenvalue weighted by Gasteiger charge is -2.09. The second-order valence-corrected chi connectivity index (χ2v) is 4.10. The number of carbonyl (C=O) groups excluding carboxylic acids is 2. The van der Waals surface area contributed by atoms with Gasteiger partial charge in [0.05, 0.1) is 13.2 Å². The molecule has 0 aliphatic heterocycles. The molecule has 122 valence electrons. The van der Waals surface area contributed by atoms with Gasteiger partial charge in [-0.3, -0.25) is 10.2 Å². The Bertz CT molecular complexity index is 503. The average molecular weight is 320 g/mol. The van der Waals surface area contributed by atoms with Gasteiger partial charge in [0, 0.05) is 5.56 Å². The van der Waals surface area contributed by atoms with Gasteiger partial charge in [0.15, 0.2) is 0 Å². The lowest BCUT2D eigenvalue weighted by molar-refractivity contribution is -0.176. The van der Waals surface area contributed by atoms with Crippen LogP contribution in [0, 0.1) is 0 Å². The van der Waals surface area contributed by atoms with Crippen LogP contribution in [0.4, 0.5) is 18.0 Å². The van der Waals surface area contributed by atoms with E-state index in [0.717, 1.165) is 0 Å². The summed E-state index contributed by atoms with van der Waals surface area (Å²) in [6, 6.07) is 5.70. The van der Waals surface area contributed by atoms with Gasteiger partial charge in [0.1, 0.15) is 6.61 Å². The Hall–Kier alpha value is -2.29. The molecule has 0 aliphatic carbocycles. The Labute approximate surface area is 124 Å². The van der Waals surface area contributed by atoms with Crippen LogP contribution in [-0.2, 0) is 16.1 Å². The molecular weight excluding hydrogens is 305 g/mol. The van der Waals surface area contributed by atoms with Crippen molar-refractivity contribution in [2.24, 2.45) is 0 Å². The van der Waals surface area contributed by atoms with Crippen LogP contribution in [0.15, 0.2) is 24.3 Å². The van der Waals surface area contributed by atoms with E-state index in [2.05, 4.69) is 14.9 Å². The van der Waals surface area contributed by atoms with E-state index in [0.29, 0.717) is 5.56 Å². The summed E-state index contributed by atoms with van der Waals surface area (Å²) >= 11 is 0. The highest BCUT2D eigenvalue weighted by Gasteiger charge is 2.27. The van der Waals surface area contributed by atoms with Gasteiger partial charge in [-0.2, -0.15) is 13.2 Å².